The lowest BCUT2D eigenvalue weighted by Crippen LogP contribution is -2.29. The van der Waals surface area contributed by atoms with Crippen molar-refractivity contribution in [2.45, 2.75) is 13.0 Å². The molecule has 0 aliphatic rings. The number of pyridine rings is 1. The van der Waals surface area contributed by atoms with Gasteiger partial charge in [-0.3, -0.25) is 0 Å². The molecule has 16 heavy (non-hydrogen) atoms. The highest BCUT2D eigenvalue weighted by molar-refractivity contribution is 9.10. The zero-order valence-electron chi connectivity index (χ0n) is 9.33. The molecule has 0 spiro atoms. The standard InChI is InChI=1S/C10H16BrN3O2/c1-6-8(12)3-13-10(9(6)11)14-7(4-15)5-16-2/h3,7,15H,4-5,12H2,1-2H3,(H,13,14). The number of nitrogens with one attached hydrogen (secondary N) is 1. The Labute approximate surface area is 103 Å². The maximum atomic E-state index is 9.12. The summed E-state index contributed by atoms with van der Waals surface area (Å²) in [6.07, 6.45) is 1.59. The third-order valence-corrected chi connectivity index (χ3v) is 3.20. The van der Waals surface area contributed by atoms with Gasteiger partial charge in [0.2, 0.25) is 0 Å². The molecule has 6 heteroatoms. The monoisotopic (exact) mass is 289 g/mol. The Morgan fingerprint density at radius 3 is 2.94 bits per heavy atom. The molecule has 90 valence electrons. The first kappa shape index (κ1) is 13.2. The molecule has 1 aromatic heterocycles. The Balaban J connectivity index is 2.84. The van der Waals surface area contributed by atoms with E-state index >= 15 is 0 Å². The molecule has 0 saturated heterocycles. The van der Waals surface area contributed by atoms with Crippen molar-refractivity contribution in [3.63, 3.8) is 0 Å². The number of nitrogen functional groups attached to an aromatic ring is 1. The van der Waals surface area contributed by atoms with E-state index in [1.165, 1.54) is 0 Å². The van der Waals surface area contributed by atoms with Gasteiger partial charge in [0.05, 0.1) is 35.6 Å². The van der Waals surface area contributed by atoms with Crippen LogP contribution in [0.4, 0.5) is 11.5 Å². The van der Waals surface area contributed by atoms with Crippen LogP contribution >= 0.6 is 15.9 Å². The highest BCUT2D eigenvalue weighted by atomic mass is 79.9. The van der Waals surface area contributed by atoms with Crippen molar-refractivity contribution < 1.29 is 9.84 Å². The average molecular weight is 290 g/mol. The van der Waals surface area contributed by atoms with E-state index in [1.54, 1.807) is 13.3 Å². The van der Waals surface area contributed by atoms with Gasteiger partial charge >= 0.3 is 0 Å². The number of anilines is 2. The third kappa shape index (κ3) is 3.07. The van der Waals surface area contributed by atoms with Gasteiger partial charge in [-0.25, -0.2) is 4.98 Å². The fraction of sp³-hybridized carbons (Fsp3) is 0.500. The van der Waals surface area contributed by atoms with Crippen molar-refractivity contribution in [3.05, 3.63) is 16.2 Å². The fourth-order valence-electron chi connectivity index (χ4n) is 1.23. The van der Waals surface area contributed by atoms with Crippen molar-refractivity contribution in [2.75, 3.05) is 31.4 Å². The van der Waals surface area contributed by atoms with Crippen LogP contribution in [-0.2, 0) is 4.74 Å². The topological polar surface area (TPSA) is 80.4 Å². The Bertz CT molecular complexity index is 360. The lowest BCUT2D eigenvalue weighted by Gasteiger charge is -2.17. The molecule has 0 aromatic carbocycles. The molecule has 4 N–H and O–H groups in total. The minimum atomic E-state index is -0.183. The maximum absolute atomic E-state index is 9.12. The number of hydrogen-bond acceptors (Lipinski definition) is 5. The summed E-state index contributed by atoms with van der Waals surface area (Å²) in [5, 5.41) is 12.2. The van der Waals surface area contributed by atoms with E-state index in [0.717, 1.165) is 10.0 Å². The van der Waals surface area contributed by atoms with E-state index in [4.69, 9.17) is 15.6 Å². The second-order valence-corrected chi connectivity index (χ2v) is 4.27. The smallest absolute Gasteiger partial charge is 0.141 e. The predicted molar refractivity (Wildman–Crippen MR) is 67.5 cm³/mol. The Kier molecular flexibility index (Phi) is 4.98. The third-order valence-electron chi connectivity index (χ3n) is 2.23. The molecule has 0 aliphatic carbocycles. The Morgan fingerprint density at radius 1 is 1.69 bits per heavy atom. The van der Waals surface area contributed by atoms with Crippen molar-refractivity contribution in [2.24, 2.45) is 0 Å². The van der Waals surface area contributed by atoms with Gasteiger partial charge < -0.3 is 20.9 Å². The van der Waals surface area contributed by atoms with E-state index in [0.29, 0.717) is 18.1 Å². The first-order chi connectivity index (χ1) is 7.60. The lowest BCUT2D eigenvalue weighted by atomic mass is 10.2. The maximum Gasteiger partial charge on any atom is 0.141 e. The molecule has 1 heterocycles. The molecule has 1 aromatic rings. The number of nitrogens with two attached hydrogens (primary N) is 1. The summed E-state index contributed by atoms with van der Waals surface area (Å²) in [4.78, 5) is 4.16. The largest absolute Gasteiger partial charge is 0.397 e. The average Bonchev–Trinajstić information content (AvgIpc) is 2.29. The van der Waals surface area contributed by atoms with Gasteiger partial charge in [-0.15, -0.1) is 0 Å². The van der Waals surface area contributed by atoms with Crippen LogP contribution < -0.4 is 11.1 Å². The number of aliphatic hydroxyl groups excluding tert-OH is 1. The summed E-state index contributed by atoms with van der Waals surface area (Å²) in [6, 6.07) is -0.183. The molecule has 0 aliphatic heterocycles. The zero-order valence-corrected chi connectivity index (χ0v) is 10.9. The molecular formula is C10H16BrN3O2. The summed E-state index contributed by atoms with van der Waals surface area (Å²) < 4.78 is 5.78. The molecule has 1 atom stereocenters. The number of rotatable bonds is 5. The number of aliphatic hydroxyl groups is 1. The van der Waals surface area contributed by atoms with Gasteiger partial charge in [0.1, 0.15) is 5.82 Å². The van der Waals surface area contributed by atoms with Crippen LogP contribution in [0.5, 0.6) is 0 Å². The molecule has 1 unspecified atom stereocenters. The van der Waals surface area contributed by atoms with E-state index in [9.17, 15) is 0 Å². The van der Waals surface area contributed by atoms with E-state index in [1.807, 2.05) is 6.92 Å². The summed E-state index contributed by atoms with van der Waals surface area (Å²) in [5.41, 5.74) is 7.27. The second-order valence-electron chi connectivity index (χ2n) is 3.48. The Morgan fingerprint density at radius 2 is 2.38 bits per heavy atom. The number of nitrogens with zero attached hydrogens (tertiary/aromatic N) is 1. The minimum absolute atomic E-state index is 0.0224. The van der Waals surface area contributed by atoms with Gasteiger partial charge in [-0.2, -0.15) is 0 Å². The summed E-state index contributed by atoms with van der Waals surface area (Å²) in [7, 11) is 1.58. The second kappa shape index (κ2) is 6.03. The van der Waals surface area contributed by atoms with Crippen LogP contribution in [0, 0.1) is 6.92 Å². The van der Waals surface area contributed by atoms with Crippen LogP contribution in [0.15, 0.2) is 10.7 Å². The molecule has 0 amide bonds. The van der Waals surface area contributed by atoms with Crippen molar-refractivity contribution >= 4 is 27.4 Å². The van der Waals surface area contributed by atoms with Gasteiger partial charge in [0, 0.05) is 7.11 Å². The normalized spacial score (nSPS) is 12.5. The van der Waals surface area contributed by atoms with Gasteiger partial charge in [0.25, 0.3) is 0 Å². The number of halogens is 1. The molecule has 5 nitrogen and oxygen atoms in total. The van der Waals surface area contributed by atoms with Crippen LogP contribution in [0.25, 0.3) is 0 Å². The van der Waals surface area contributed by atoms with Crippen molar-refractivity contribution in [1.82, 2.24) is 4.98 Å². The number of ether oxygens (including phenoxy) is 1. The number of methoxy groups -OCH3 is 1. The fourth-order valence-corrected chi connectivity index (χ4v) is 1.67. The molecule has 0 saturated carbocycles. The van der Waals surface area contributed by atoms with Crippen molar-refractivity contribution in [1.29, 1.82) is 0 Å². The SMILES string of the molecule is COCC(CO)Nc1ncc(N)c(C)c1Br. The number of hydrogen-bond donors (Lipinski definition) is 3. The molecule has 0 radical (unpaired) electrons. The van der Waals surface area contributed by atoms with Crippen LogP contribution in [0.1, 0.15) is 5.56 Å². The molecule has 0 fully saturated rings. The quantitative estimate of drug-likeness (QED) is 0.758. The van der Waals surface area contributed by atoms with E-state index < -0.39 is 0 Å². The summed E-state index contributed by atoms with van der Waals surface area (Å²) in [5.74, 6) is 0.655. The highest BCUT2D eigenvalue weighted by Gasteiger charge is 2.12. The van der Waals surface area contributed by atoms with Crippen molar-refractivity contribution in [3.8, 4) is 0 Å². The van der Waals surface area contributed by atoms with E-state index in [-0.39, 0.29) is 12.6 Å². The first-order valence-electron chi connectivity index (χ1n) is 4.87. The first-order valence-corrected chi connectivity index (χ1v) is 5.66. The van der Waals surface area contributed by atoms with Crippen LogP contribution in [0.2, 0.25) is 0 Å². The molecular weight excluding hydrogens is 274 g/mol. The van der Waals surface area contributed by atoms with E-state index in [2.05, 4.69) is 26.2 Å². The zero-order chi connectivity index (χ0) is 12.1. The van der Waals surface area contributed by atoms with Crippen LogP contribution in [0.3, 0.4) is 0 Å². The Hall–Kier alpha value is -0.850. The minimum Gasteiger partial charge on any atom is -0.397 e. The van der Waals surface area contributed by atoms with Crippen LogP contribution in [-0.4, -0.2) is 36.5 Å². The predicted octanol–water partition coefficient (Wildman–Crippen LogP) is 1.15. The van der Waals surface area contributed by atoms with Gasteiger partial charge in [-0.05, 0) is 28.4 Å². The molecule has 1 rings (SSSR count). The molecule has 0 bridgehead atoms. The van der Waals surface area contributed by atoms with Gasteiger partial charge in [-0.1, -0.05) is 0 Å². The lowest BCUT2D eigenvalue weighted by molar-refractivity contribution is 0.153. The number of aromatic nitrogens is 1. The summed E-state index contributed by atoms with van der Waals surface area (Å²) >= 11 is 3.41. The van der Waals surface area contributed by atoms with Gasteiger partial charge in [0.15, 0.2) is 0 Å². The summed E-state index contributed by atoms with van der Waals surface area (Å²) in [6.45, 7) is 2.29. The highest BCUT2D eigenvalue weighted by Crippen LogP contribution is 2.27.